The Labute approximate surface area is 99.7 Å². The van der Waals surface area contributed by atoms with Crippen molar-refractivity contribution in [3.63, 3.8) is 0 Å². The smallest absolute Gasteiger partial charge is 0.352 e. The number of esters is 1. The average molecular weight is 233 g/mol. The van der Waals surface area contributed by atoms with Crippen LogP contribution in [0.25, 0.3) is 0 Å². The molecule has 1 saturated carbocycles. The number of allylic oxidation sites excluding steroid dienone is 2. The molecule has 0 radical (unpaired) electrons. The van der Waals surface area contributed by atoms with Crippen LogP contribution in [0, 0.1) is 17.8 Å². The van der Waals surface area contributed by atoms with Crippen LogP contribution in [-0.2, 0) is 14.3 Å². The summed E-state index contributed by atoms with van der Waals surface area (Å²) >= 11 is 0. The number of Topliss-reactive ketones (excluding diaryl/α,β-unsaturated/α-hetero) is 1. The highest BCUT2D eigenvalue weighted by molar-refractivity contribution is 6.35. The molecule has 17 heavy (non-hydrogen) atoms. The second kappa shape index (κ2) is 3.28. The highest BCUT2D eigenvalue weighted by atomic mass is 16.5. The minimum absolute atomic E-state index is 0.0293. The van der Waals surface area contributed by atoms with E-state index in [0.29, 0.717) is 11.5 Å². The summed E-state index contributed by atoms with van der Waals surface area (Å²) in [7, 11) is 0. The van der Waals surface area contributed by atoms with Crippen LogP contribution in [0.3, 0.4) is 0 Å². The SMILES string of the molecule is CC1=N[C@](C)(C2CC3C=CC2C3=O)COC1=O. The minimum atomic E-state index is -0.433. The van der Waals surface area contributed by atoms with Gasteiger partial charge in [-0.15, -0.1) is 0 Å². The van der Waals surface area contributed by atoms with E-state index in [1.165, 1.54) is 0 Å². The number of aliphatic imine (C=N–C) groups is 1. The highest BCUT2D eigenvalue weighted by Crippen LogP contribution is 2.47. The third-order valence-corrected chi connectivity index (χ3v) is 4.20. The summed E-state index contributed by atoms with van der Waals surface area (Å²) in [6, 6.07) is 0. The Morgan fingerprint density at radius 1 is 1.41 bits per heavy atom. The first-order chi connectivity index (χ1) is 8.01. The number of carbonyl (C=O) groups excluding carboxylic acids is 2. The lowest BCUT2D eigenvalue weighted by Crippen LogP contribution is -2.46. The summed E-state index contributed by atoms with van der Waals surface area (Å²) in [5, 5.41) is 0. The van der Waals surface area contributed by atoms with Crippen LogP contribution >= 0.6 is 0 Å². The van der Waals surface area contributed by atoms with E-state index in [-0.39, 0.29) is 30.3 Å². The molecule has 3 unspecified atom stereocenters. The van der Waals surface area contributed by atoms with E-state index in [0.717, 1.165) is 6.42 Å². The van der Waals surface area contributed by atoms with Crippen LogP contribution in [-0.4, -0.2) is 29.6 Å². The van der Waals surface area contributed by atoms with Crippen molar-refractivity contribution in [2.75, 3.05) is 6.61 Å². The summed E-state index contributed by atoms with van der Waals surface area (Å²) in [5.74, 6) is 0.176. The van der Waals surface area contributed by atoms with Gasteiger partial charge in [0.15, 0.2) is 0 Å². The number of cyclic esters (lactones) is 1. The van der Waals surface area contributed by atoms with E-state index in [9.17, 15) is 9.59 Å². The molecule has 2 bridgehead atoms. The molecule has 1 heterocycles. The maximum Gasteiger partial charge on any atom is 0.352 e. The fourth-order valence-corrected chi connectivity index (χ4v) is 3.25. The molecule has 0 aromatic carbocycles. The van der Waals surface area contributed by atoms with Gasteiger partial charge in [0.1, 0.15) is 18.1 Å². The quantitative estimate of drug-likeness (QED) is 0.504. The molecular weight excluding hydrogens is 218 g/mol. The Balaban J connectivity index is 1.93. The van der Waals surface area contributed by atoms with Crippen LogP contribution in [0.5, 0.6) is 0 Å². The van der Waals surface area contributed by atoms with Crippen molar-refractivity contribution in [1.29, 1.82) is 0 Å². The molecule has 4 heteroatoms. The van der Waals surface area contributed by atoms with Crippen molar-refractivity contribution < 1.29 is 14.3 Å². The van der Waals surface area contributed by atoms with E-state index >= 15 is 0 Å². The number of hydrogen-bond acceptors (Lipinski definition) is 4. The Bertz CT molecular complexity index is 465. The summed E-state index contributed by atoms with van der Waals surface area (Å²) < 4.78 is 5.16. The molecule has 0 amide bonds. The standard InChI is InChI=1S/C13H15NO3/c1-7-12(16)17-6-13(2,14-7)10-5-8-3-4-9(10)11(8)15/h3-4,8-10H,5-6H2,1-2H3/t8?,9?,10?,13-/m0/s1. The zero-order chi connectivity index (χ0) is 12.2. The minimum Gasteiger partial charge on any atom is -0.459 e. The van der Waals surface area contributed by atoms with Crippen LogP contribution in [0.1, 0.15) is 20.3 Å². The van der Waals surface area contributed by atoms with E-state index in [4.69, 9.17) is 4.74 Å². The van der Waals surface area contributed by atoms with E-state index in [2.05, 4.69) is 4.99 Å². The van der Waals surface area contributed by atoms with Gasteiger partial charge in [-0.3, -0.25) is 9.79 Å². The molecule has 2 aliphatic carbocycles. The zero-order valence-corrected chi connectivity index (χ0v) is 9.97. The Hall–Kier alpha value is -1.45. The number of ketones is 1. The van der Waals surface area contributed by atoms with Gasteiger partial charge < -0.3 is 4.74 Å². The van der Waals surface area contributed by atoms with Crippen LogP contribution in [0.4, 0.5) is 0 Å². The molecule has 3 rings (SSSR count). The largest absolute Gasteiger partial charge is 0.459 e. The van der Waals surface area contributed by atoms with Crippen molar-refractivity contribution in [2.24, 2.45) is 22.7 Å². The third-order valence-electron chi connectivity index (χ3n) is 4.20. The fraction of sp³-hybridized carbons (Fsp3) is 0.615. The Morgan fingerprint density at radius 2 is 2.18 bits per heavy atom. The number of rotatable bonds is 1. The van der Waals surface area contributed by atoms with Gasteiger partial charge in [-0.05, 0) is 20.3 Å². The van der Waals surface area contributed by atoms with Crippen molar-refractivity contribution in [1.82, 2.24) is 0 Å². The molecule has 0 aromatic heterocycles. The Kier molecular flexibility index (Phi) is 2.06. The second-order valence-electron chi connectivity index (χ2n) is 5.39. The predicted octanol–water partition coefficient (Wildman–Crippen LogP) is 1.15. The van der Waals surface area contributed by atoms with E-state index in [1.54, 1.807) is 6.92 Å². The van der Waals surface area contributed by atoms with Gasteiger partial charge in [0.25, 0.3) is 0 Å². The maximum absolute atomic E-state index is 11.9. The number of ether oxygens (including phenoxy) is 1. The lowest BCUT2D eigenvalue weighted by Gasteiger charge is -2.37. The van der Waals surface area contributed by atoms with Gasteiger partial charge in [0.05, 0.1) is 5.54 Å². The maximum atomic E-state index is 11.9. The van der Waals surface area contributed by atoms with Gasteiger partial charge >= 0.3 is 5.97 Å². The van der Waals surface area contributed by atoms with Gasteiger partial charge in [0, 0.05) is 17.8 Å². The second-order valence-corrected chi connectivity index (χ2v) is 5.39. The molecule has 4 nitrogen and oxygen atoms in total. The fourth-order valence-electron chi connectivity index (χ4n) is 3.25. The molecule has 3 aliphatic rings. The summed E-state index contributed by atoms with van der Waals surface area (Å²) in [5.41, 5.74) is -0.0179. The van der Waals surface area contributed by atoms with Crippen LogP contribution in [0.2, 0.25) is 0 Å². The molecular formula is C13H15NO3. The molecule has 1 aliphatic heterocycles. The highest BCUT2D eigenvalue weighted by Gasteiger charge is 2.52. The number of carbonyl (C=O) groups is 2. The van der Waals surface area contributed by atoms with Gasteiger partial charge in [-0.25, -0.2) is 4.79 Å². The number of fused-ring (bicyclic) bond motifs is 2. The van der Waals surface area contributed by atoms with E-state index in [1.807, 2.05) is 19.1 Å². The third kappa shape index (κ3) is 1.39. The lowest BCUT2D eigenvalue weighted by atomic mass is 9.77. The number of hydrogen-bond donors (Lipinski definition) is 0. The normalized spacial score (nSPS) is 43.9. The number of nitrogens with zero attached hydrogens (tertiary/aromatic N) is 1. The molecule has 0 N–H and O–H groups in total. The van der Waals surface area contributed by atoms with E-state index < -0.39 is 5.54 Å². The van der Waals surface area contributed by atoms with Crippen molar-refractivity contribution in [2.45, 2.75) is 25.8 Å². The van der Waals surface area contributed by atoms with Crippen molar-refractivity contribution >= 4 is 17.5 Å². The molecule has 90 valence electrons. The molecule has 0 spiro atoms. The van der Waals surface area contributed by atoms with Crippen LogP contribution in [0.15, 0.2) is 17.1 Å². The lowest BCUT2D eigenvalue weighted by molar-refractivity contribution is -0.139. The van der Waals surface area contributed by atoms with Crippen molar-refractivity contribution in [3.8, 4) is 0 Å². The van der Waals surface area contributed by atoms with Crippen molar-refractivity contribution in [3.05, 3.63) is 12.2 Å². The molecule has 4 atom stereocenters. The summed E-state index contributed by atoms with van der Waals surface area (Å²) in [4.78, 5) is 27.7. The first kappa shape index (κ1) is 10.7. The first-order valence-corrected chi connectivity index (χ1v) is 5.97. The average Bonchev–Trinajstić information content (AvgIpc) is 2.81. The van der Waals surface area contributed by atoms with Gasteiger partial charge in [-0.2, -0.15) is 0 Å². The predicted molar refractivity (Wildman–Crippen MR) is 61.7 cm³/mol. The topological polar surface area (TPSA) is 55.7 Å². The zero-order valence-electron chi connectivity index (χ0n) is 9.97. The Morgan fingerprint density at radius 3 is 2.71 bits per heavy atom. The first-order valence-electron chi connectivity index (χ1n) is 5.97. The van der Waals surface area contributed by atoms with Gasteiger partial charge in [0.2, 0.25) is 0 Å². The molecule has 0 saturated heterocycles. The van der Waals surface area contributed by atoms with Gasteiger partial charge in [-0.1, -0.05) is 12.2 Å². The monoisotopic (exact) mass is 233 g/mol. The molecule has 0 aromatic rings. The molecule has 1 fully saturated rings. The van der Waals surface area contributed by atoms with Crippen LogP contribution < -0.4 is 0 Å². The summed E-state index contributed by atoms with van der Waals surface area (Å²) in [6.45, 7) is 3.94. The summed E-state index contributed by atoms with van der Waals surface area (Å²) in [6.07, 6.45) is 4.83.